The van der Waals surface area contributed by atoms with Crippen LogP contribution in [0, 0.1) is 17.3 Å². The molecule has 0 aromatic heterocycles. The van der Waals surface area contributed by atoms with Crippen LogP contribution in [-0.2, 0) is 18.8 Å². The number of carboxylic acids is 1. The van der Waals surface area contributed by atoms with Gasteiger partial charge in [-0.25, -0.2) is 4.79 Å². The molecule has 3 rings (SSSR count). The molecule has 1 N–H and O–H groups in total. The van der Waals surface area contributed by atoms with E-state index in [1.165, 1.54) is 16.7 Å². The monoisotopic (exact) mass is 399 g/mol. The molecule has 0 aliphatic carbocycles. The van der Waals surface area contributed by atoms with Gasteiger partial charge in [-0.2, -0.15) is 0 Å². The maximum atomic E-state index is 13.1. The molecule has 26 heavy (non-hydrogen) atoms. The normalized spacial score (nSPS) is 30.6. The molecule has 1 amide bonds. The van der Waals surface area contributed by atoms with Gasteiger partial charge < -0.3 is 14.3 Å². The van der Waals surface area contributed by atoms with E-state index < -0.39 is 11.6 Å². The Kier molecular flexibility index (Phi) is 5.09. The molecule has 6 nitrogen and oxygen atoms in total. The molecule has 8 heteroatoms. The minimum absolute atomic E-state index is 0.00681. The number of aliphatic carboxylic acids is 1. The third-order valence-corrected chi connectivity index (χ3v) is 8.31. The Labute approximate surface area is 162 Å². The number of hydrogen-bond acceptors (Lipinski definition) is 5. The summed E-state index contributed by atoms with van der Waals surface area (Å²) < 4.78 is 11.6. The van der Waals surface area contributed by atoms with Crippen LogP contribution in [0.2, 0.25) is 0 Å². The van der Waals surface area contributed by atoms with Gasteiger partial charge in [-0.1, -0.05) is 32.5 Å². The summed E-state index contributed by atoms with van der Waals surface area (Å²) in [7, 11) is 0.588. The maximum absolute atomic E-state index is 13.1. The summed E-state index contributed by atoms with van der Waals surface area (Å²) in [5, 5.41) is 9.56. The molecule has 2 fully saturated rings. The van der Waals surface area contributed by atoms with Crippen LogP contribution in [0.15, 0.2) is 10.6 Å². The standard InChI is InChI=1S/C18H29NO5SSi/c1-17(2,3)13(18(4,5)24-26)10-14(20)19-11(16(21)22)12(25-15(10)19)9-7-6-8-23-9/h9-10,13,15H,6-8H2,1-5,26H3,(H,21,22)/t9-,10+,13-,15-/m1/s1. The number of hydrogen-bond donors (Lipinski definition) is 1. The van der Waals surface area contributed by atoms with Gasteiger partial charge in [0.15, 0.2) is 0 Å². The van der Waals surface area contributed by atoms with Crippen LogP contribution in [0.4, 0.5) is 0 Å². The molecule has 0 aromatic carbocycles. The summed E-state index contributed by atoms with van der Waals surface area (Å²) in [6.45, 7) is 11.1. The molecule has 0 bridgehead atoms. The van der Waals surface area contributed by atoms with Crippen LogP contribution in [0.1, 0.15) is 47.5 Å². The summed E-state index contributed by atoms with van der Waals surface area (Å²) in [4.78, 5) is 27.2. The number of rotatable bonds is 5. The second-order valence-corrected chi connectivity index (χ2v) is 10.5. The van der Waals surface area contributed by atoms with E-state index in [1.54, 1.807) is 0 Å². The first kappa shape index (κ1) is 19.9. The van der Waals surface area contributed by atoms with E-state index in [0.29, 0.717) is 22.0 Å². The average molecular weight is 400 g/mol. The van der Waals surface area contributed by atoms with Crippen molar-refractivity contribution in [3.8, 4) is 0 Å². The number of amides is 1. The predicted octanol–water partition coefficient (Wildman–Crippen LogP) is 1.73. The van der Waals surface area contributed by atoms with Crippen molar-refractivity contribution in [3.05, 3.63) is 10.6 Å². The number of carbonyl (C=O) groups is 2. The molecule has 4 atom stereocenters. The van der Waals surface area contributed by atoms with E-state index in [1.807, 2.05) is 13.8 Å². The third kappa shape index (κ3) is 3.04. The van der Waals surface area contributed by atoms with E-state index in [0.717, 1.165) is 12.8 Å². The van der Waals surface area contributed by atoms with E-state index in [4.69, 9.17) is 9.16 Å². The minimum atomic E-state index is -1.04. The first-order chi connectivity index (χ1) is 12.0. The zero-order valence-corrected chi connectivity index (χ0v) is 19.2. The van der Waals surface area contributed by atoms with Crippen LogP contribution in [0.25, 0.3) is 0 Å². The summed E-state index contributed by atoms with van der Waals surface area (Å²) in [6, 6.07) is 0. The van der Waals surface area contributed by atoms with Gasteiger partial charge in [-0.05, 0) is 32.1 Å². The highest BCUT2D eigenvalue weighted by molar-refractivity contribution is 8.04. The van der Waals surface area contributed by atoms with Crippen LogP contribution >= 0.6 is 11.8 Å². The molecule has 3 aliphatic heterocycles. The van der Waals surface area contributed by atoms with Gasteiger partial charge in [0.1, 0.15) is 16.2 Å². The Balaban J connectivity index is 1.94. The number of carbonyl (C=O) groups excluding carboxylic acids is 1. The number of thioether (sulfide) groups is 1. The summed E-state index contributed by atoms with van der Waals surface area (Å²) >= 11 is 1.51. The lowest BCUT2D eigenvalue weighted by molar-refractivity contribution is -0.165. The fourth-order valence-corrected chi connectivity index (χ4v) is 6.71. The van der Waals surface area contributed by atoms with Crippen molar-refractivity contribution in [2.75, 3.05) is 6.61 Å². The highest BCUT2D eigenvalue weighted by atomic mass is 32.2. The first-order valence-electron chi connectivity index (χ1n) is 9.14. The predicted molar refractivity (Wildman–Crippen MR) is 103 cm³/mol. The highest BCUT2D eigenvalue weighted by Gasteiger charge is 2.63. The maximum Gasteiger partial charge on any atom is 0.353 e. The summed E-state index contributed by atoms with van der Waals surface area (Å²) in [5.74, 6) is -1.40. The molecule has 146 valence electrons. The quantitative estimate of drug-likeness (QED) is 0.560. The lowest BCUT2D eigenvalue weighted by Crippen LogP contribution is -2.65. The van der Waals surface area contributed by atoms with Gasteiger partial charge in [0, 0.05) is 17.4 Å². The molecule has 0 spiro atoms. The Hall–Kier alpha value is -0.833. The molecule has 0 saturated carbocycles. The first-order valence-corrected chi connectivity index (χ1v) is 10.8. The molecule has 2 saturated heterocycles. The van der Waals surface area contributed by atoms with E-state index >= 15 is 0 Å². The second kappa shape index (κ2) is 6.65. The number of fused-ring (bicyclic) bond motifs is 1. The van der Waals surface area contributed by atoms with Gasteiger partial charge in [0.2, 0.25) is 5.91 Å². The molecule has 0 unspecified atom stereocenters. The fraction of sp³-hybridized carbons (Fsp3) is 0.778. The van der Waals surface area contributed by atoms with E-state index in [-0.39, 0.29) is 40.3 Å². The van der Waals surface area contributed by atoms with Crippen molar-refractivity contribution in [3.63, 3.8) is 0 Å². The Morgan fingerprint density at radius 1 is 1.38 bits per heavy atom. The lowest BCUT2D eigenvalue weighted by atomic mass is 9.63. The zero-order chi connectivity index (χ0) is 19.4. The topological polar surface area (TPSA) is 76.1 Å². The number of ether oxygens (including phenoxy) is 1. The third-order valence-electron chi connectivity index (χ3n) is 5.80. The van der Waals surface area contributed by atoms with Crippen molar-refractivity contribution >= 4 is 34.1 Å². The lowest BCUT2D eigenvalue weighted by Gasteiger charge is -2.54. The van der Waals surface area contributed by atoms with Crippen molar-refractivity contribution < 1.29 is 23.9 Å². The van der Waals surface area contributed by atoms with Gasteiger partial charge in [-0.15, -0.1) is 0 Å². The molecule has 3 heterocycles. The van der Waals surface area contributed by atoms with Crippen molar-refractivity contribution in [2.45, 2.75) is 64.5 Å². The van der Waals surface area contributed by atoms with Crippen LogP contribution in [-0.4, -0.2) is 56.1 Å². The van der Waals surface area contributed by atoms with Crippen molar-refractivity contribution in [1.29, 1.82) is 0 Å². The van der Waals surface area contributed by atoms with Crippen molar-refractivity contribution in [1.82, 2.24) is 4.90 Å². The highest BCUT2D eigenvalue weighted by Crippen LogP contribution is 2.58. The average Bonchev–Trinajstić information content (AvgIpc) is 3.16. The summed E-state index contributed by atoms with van der Waals surface area (Å²) in [5.41, 5.74) is -0.449. The van der Waals surface area contributed by atoms with Crippen LogP contribution in [0.5, 0.6) is 0 Å². The van der Waals surface area contributed by atoms with E-state index in [2.05, 4.69) is 20.8 Å². The Bertz CT molecular complexity index is 650. The molecule has 3 aliphatic rings. The van der Waals surface area contributed by atoms with Crippen molar-refractivity contribution in [2.24, 2.45) is 17.3 Å². The largest absolute Gasteiger partial charge is 0.477 e. The Morgan fingerprint density at radius 2 is 2.04 bits per heavy atom. The van der Waals surface area contributed by atoms with E-state index in [9.17, 15) is 14.7 Å². The zero-order valence-electron chi connectivity index (χ0n) is 16.4. The fourth-order valence-electron chi connectivity index (χ4n) is 4.82. The number of β-lactam (4-membered cyclic amide) rings is 1. The summed E-state index contributed by atoms with van der Waals surface area (Å²) in [6.07, 6.45) is 1.55. The molecule has 0 aromatic rings. The van der Waals surface area contributed by atoms with Gasteiger partial charge in [0.25, 0.3) is 0 Å². The van der Waals surface area contributed by atoms with Crippen LogP contribution in [0.3, 0.4) is 0 Å². The van der Waals surface area contributed by atoms with Gasteiger partial charge >= 0.3 is 5.97 Å². The molecule has 0 radical (unpaired) electrons. The smallest absolute Gasteiger partial charge is 0.353 e. The minimum Gasteiger partial charge on any atom is -0.477 e. The second-order valence-electron chi connectivity index (χ2n) is 8.91. The number of nitrogens with zero attached hydrogens (tertiary/aromatic N) is 1. The SMILES string of the molecule is CC(C)(C)[C@@H]([C@H]1C(=O)N2C(C(=O)O)=C([C@H]3CCCO3)S[C@H]12)C(C)(C)O[SiH3]. The Morgan fingerprint density at radius 3 is 2.50 bits per heavy atom. The van der Waals surface area contributed by atoms with Gasteiger partial charge in [-0.3, -0.25) is 9.69 Å². The van der Waals surface area contributed by atoms with Gasteiger partial charge in [0.05, 0.1) is 23.0 Å². The molecular formula is C18H29NO5SSi. The molecular weight excluding hydrogens is 370 g/mol. The number of carboxylic acid groups (broad SMARTS) is 1. The van der Waals surface area contributed by atoms with Crippen LogP contribution < -0.4 is 0 Å².